The molecule has 0 saturated carbocycles. The molecular formula is C19H20O5S. The van der Waals surface area contributed by atoms with Crippen LogP contribution in [0.4, 0.5) is 0 Å². The van der Waals surface area contributed by atoms with Gasteiger partial charge in [-0.3, -0.25) is 4.79 Å². The van der Waals surface area contributed by atoms with E-state index in [4.69, 9.17) is 4.74 Å². The first-order chi connectivity index (χ1) is 11.7. The normalized spacial score (nSPS) is 11.4. The van der Waals surface area contributed by atoms with Crippen LogP contribution < -0.4 is 0 Å². The molecule has 0 saturated heterocycles. The third-order valence-electron chi connectivity index (χ3n) is 3.73. The van der Waals surface area contributed by atoms with Gasteiger partial charge in [-0.1, -0.05) is 44.2 Å². The zero-order valence-electron chi connectivity index (χ0n) is 14.4. The van der Waals surface area contributed by atoms with Crippen LogP contribution in [0, 0.1) is 0 Å². The fraction of sp³-hybridized carbons (Fsp3) is 0.263. The van der Waals surface area contributed by atoms with Crippen molar-refractivity contribution < 1.29 is 22.7 Å². The summed E-state index contributed by atoms with van der Waals surface area (Å²) >= 11 is 0. The molecule has 6 heteroatoms. The van der Waals surface area contributed by atoms with Crippen LogP contribution in [-0.2, 0) is 14.6 Å². The summed E-state index contributed by atoms with van der Waals surface area (Å²) in [6.45, 7) is 3.72. The predicted octanol–water partition coefficient (Wildman–Crippen LogP) is 3.25. The van der Waals surface area contributed by atoms with E-state index in [0.29, 0.717) is 11.5 Å². The molecule has 0 atom stereocenters. The molecule has 25 heavy (non-hydrogen) atoms. The van der Waals surface area contributed by atoms with E-state index in [1.165, 1.54) is 24.3 Å². The highest BCUT2D eigenvalue weighted by molar-refractivity contribution is 7.90. The second kappa shape index (κ2) is 7.61. The minimum atomic E-state index is -3.42. The third kappa shape index (κ3) is 5.00. The van der Waals surface area contributed by atoms with Gasteiger partial charge in [-0.05, 0) is 29.7 Å². The van der Waals surface area contributed by atoms with Gasteiger partial charge in [0.1, 0.15) is 0 Å². The lowest BCUT2D eigenvalue weighted by molar-refractivity contribution is 0.0474. The zero-order chi connectivity index (χ0) is 18.6. The van der Waals surface area contributed by atoms with Crippen molar-refractivity contribution in [3.8, 4) is 0 Å². The summed E-state index contributed by atoms with van der Waals surface area (Å²) in [6.07, 6.45) is 1.06. The molecule has 0 spiro atoms. The standard InChI is InChI=1S/C19H20O5S/c1-13(2)14-7-9-15(10-8-14)18(20)12-24-19(21)16-5-4-6-17(11-16)25(3,22)23/h4-11,13H,12H2,1-3H3. The molecular weight excluding hydrogens is 340 g/mol. The molecule has 2 aromatic carbocycles. The molecule has 0 fully saturated rings. The van der Waals surface area contributed by atoms with Gasteiger partial charge in [0.25, 0.3) is 0 Å². The average Bonchev–Trinajstić information content (AvgIpc) is 2.58. The highest BCUT2D eigenvalue weighted by atomic mass is 32.2. The minimum absolute atomic E-state index is 0.0255. The van der Waals surface area contributed by atoms with Crippen LogP contribution in [0.2, 0.25) is 0 Å². The van der Waals surface area contributed by atoms with Crippen molar-refractivity contribution in [2.24, 2.45) is 0 Å². The smallest absolute Gasteiger partial charge is 0.338 e. The number of esters is 1. The van der Waals surface area contributed by atoms with Crippen molar-refractivity contribution in [1.29, 1.82) is 0 Å². The van der Waals surface area contributed by atoms with Crippen molar-refractivity contribution in [3.63, 3.8) is 0 Å². The second-order valence-electron chi connectivity index (χ2n) is 6.08. The zero-order valence-corrected chi connectivity index (χ0v) is 15.2. The molecule has 2 aromatic rings. The first-order valence-electron chi connectivity index (χ1n) is 7.79. The summed E-state index contributed by atoms with van der Waals surface area (Å²) in [5.41, 5.74) is 1.67. The number of ketones is 1. The Morgan fingerprint density at radius 3 is 2.20 bits per heavy atom. The summed E-state index contributed by atoms with van der Waals surface area (Å²) < 4.78 is 28.1. The van der Waals surface area contributed by atoms with E-state index in [2.05, 4.69) is 13.8 Å². The minimum Gasteiger partial charge on any atom is -0.454 e. The van der Waals surface area contributed by atoms with E-state index in [1.54, 1.807) is 12.1 Å². The summed E-state index contributed by atoms with van der Waals surface area (Å²) in [5.74, 6) is -0.690. The maximum absolute atomic E-state index is 12.1. The van der Waals surface area contributed by atoms with E-state index in [0.717, 1.165) is 11.8 Å². The second-order valence-corrected chi connectivity index (χ2v) is 8.09. The molecule has 0 N–H and O–H groups in total. The average molecular weight is 360 g/mol. The quantitative estimate of drug-likeness (QED) is 0.584. The largest absolute Gasteiger partial charge is 0.454 e. The molecule has 0 radical (unpaired) electrons. The Bertz CT molecular complexity index is 880. The number of benzene rings is 2. The Morgan fingerprint density at radius 1 is 1.00 bits per heavy atom. The fourth-order valence-electron chi connectivity index (χ4n) is 2.21. The molecule has 2 rings (SSSR count). The lowest BCUT2D eigenvalue weighted by Crippen LogP contribution is -2.14. The predicted molar refractivity (Wildman–Crippen MR) is 94.7 cm³/mol. The van der Waals surface area contributed by atoms with Crippen LogP contribution in [-0.4, -0.2) is 33.0 Å². The molecule has 0 aromatic heterocycles. The molecule has 5 nitrogen and oxygen atoms in total. The number of hydrogen-bond donors (Lipinski definition) is 0. The highest BCUT2D eigenvalue weighted by Gasteiger charge is 2.15. The van der Waals surface area contributed by atoms with Gasteiger partial charge in [0.05, 0.1) is 10.5 Å². The Balaban J connectivity index is 2.03. The van der Waals surface area contributed by atoms with Gasteiger partial charge in [0, 0.05) is 11.8 Å². The maximum atomic E-state index is 12.1. The van der Waals surface area contributed by atoms with Gasteiger partial charge < -0.3 is 4.74 Å². The van der Waals surface area contributed by atoms with E-state index in [1.807, 2.05) is 12.1 Å². The molecule has 0 unspecified atom stereocenters. The molecule has 132 valence electrons. The van der Waals surface area contributed by atoms with Crippen LogP contribution in [0.25, 0.3) is 0 Å². The van der Waals surface area contributed by atoms with Gasteiger partial charge in [0.2, 0.25) is 0 Å². The lowest BCUT2D eigenvalue weighted by Gasteiger charge is -2.08. The van der Waals surface area contributed by atoms with Gasteiger partial charge in [0.15, 0.2) is 22.2 Å². The van der Waals surface area contributed by atoms with Gasteiger partial charge in [-0.25, -0.2) is 13.2 Å². The lowest BCUT2D eigenvalue weighted by atomic mass is 10.0. The van der Waals surface area contributed by atoms with E-state index in [9.17, 15) is 18.0 Å². The van der Waals surface area contributed by atoms with Crippen LogP contribution in [0.3, 0.4) is 0 Å². The van der Waals surface area contributed by atoms with Crippen LogP contribution in [0.5, 0.6) is 0 Å². The first kappa shape index (κ1) is 18.9. The van der Waals surface area contributed by atoms with Crippen LogP contribution >= 0.6 is 0 Å². The number of rotatable bonds is 6. The molecule has 0 aliphatic rings. The molecule has 0 aliphatic heterocycles. The van der Waals surface area contributed by atoms with Crippen molar-refractivity contribution in [1.82, 2.24) is 0 Å². The van der Waals surface area contributed by atoms with Gasteiger partial charge >= 0.3 is 5.97 Å². The SMILES string of the molecule is CC(C)c1ccc(C(=O)COC(=O)c2cccc(S(C)(=O)=O)c2)cc1. The number of sulfone groups is 1. The van der Waals surface area contributed by atoms with Crippen LogP contribution in [0.15, 0.2) is 53.4 Å². The Kier molecular flexibility index (Phi) is 5.74. The van der Waals surface area contributed by atoms with E-state index in [-0.39, 0.29) is 16.2 Å². The van der Waals surface area contributed by atoms with Gasteiger partial charge in [-0.2, -0.15) is 0 Å². The first-order valence-corrected chi connectivity index (χ1v) is 9.68. The highest BCUT2D eigenvalue weighted by Crippen LogP contribution is 2.16. The Hall–Kier alpha value is -2.47. The maximum Gasteiger partial charge on any atom is 0.338 e. The molecule has 0 bridgehead atoms. The van der Waals surface area contributed by atoms with E-state index >= 15 is 0 Å². The van der Waals surface area contributed by atoms with Crippen molar-refractivity contribution >= 4 is 21.6 Å². The van der Waals surface area contributed by atoms with Gasteiger partial charge in [-0.15, -0.1) is 0 Å². The Labute approximate surface area is 147 Å². The molecule has 0 amide bonds. The number of Topliss-reactive ketones (excluding diaryl/α,β-unsaturated/α-hetero) is 1. The summed E-state index contributed by atoms with van der Waals surface area (Å²) in [7, 11) is -3.42. The van der Waals surface area contributed by atoms with Crippen molar-refractivity contribution in [2.75, 3.05) is 12.9 Å². The Morgan fingerprint density at radius 2 is 1.64 bits per heavy atom. The number of carbonyl (C=O) groups excluding carboxylic acids is 2. The van der Waals surface area contributed by atoms with Crippen LogP contribution in [0.1, 0.15) is 46.0 Å². The monoisotopic (exact) mass is 360 g/mol. The number of hydrogen-bond acceptors (Lipinski definition) is 5. The summed E-state index contributed by atoms with van der Waals surface area (Å²) in [5, 5.41) is 0. The van der Waals surface area contributed by atoms with E-state index < -0.39 is 22.4 Å². The molecule has 0 heterocycles. The third-order valence-corrected chi connectivity index (χ3v) is 4.84. The number of ether oxygens (including phenoxy) is 1. The topological polar surface area (TPSA) is 77.5 Å². The number of carbonyl (C=O) groups is 2. The van der Waals surface area contributed by atoms with Crippen molar-refractivity contribution in [2.45, 2.75) is 24.7 Å². The molecule has 0 aliphatic carbocycles. The summed E-state index contributed by atoms with van der Waals surface area (Å²) in [4.78, 5) is 24.2. The van der Waals surface area contributed by atoms with Crippen molar-refractivity contribution in [3.05, 3.63) is 65.2 Å². The summed E-state index contributed by atoms with van der Waals surface area (Å²) in [6, 6.07) is 12.7. The fourth-order valence-corrected chi connectivity index (χ4v) is 2.87.